The Morgan fingerprint density at radius 3 is 2.27 bits per heavy atom. The Bertz CT molecular complexity index is 641. The lowest BCUT2D eigenvalue weighted by Crippen LogP contribution is -2.32. The van der Waals surface area contributed by atoms with Crippen molar-refractivity contribution < 1.29 is 14.7 Å². The summed E-state index contributed by atoms with van der Waals surface area (Å²) in [6.07, 6.45) is 0.0364. The molecular weight excluding hydrogens is 346 g/mol. The summed E-state index contributed by atoms with van der Waals surface area (Å²) in [7, 11) is 0. The van der Waals surface area contributed by atoms with Crippen LogP contribution in [0.1, 0.15) is 12.0 Å². The zero-order valence-corrected chi connectivity index (χ0v) is 13.4. The number of halogens is 1. The van der Waals surface area contributed by atoms with Gasteiger partial charge in [0.25, 0.3) is 0 Å². The van der Waals surface area contributed by atoms with E-state index in [1.54, 1.807) is 24.3 Å². The molecule has 0 bridgehead atoms. The van der Waals surface area contributed by atoms with Gasteiger partial charge in [-0.15, -0.1) is 0 Å². The van der Waals surface area contributed by atoms with Gasteiger partial charge in [-0.2, -0.15) is 0 Å². The number of hydrogen-bond donors (Lipinski definition) is 1. The van der Waals surface area contributed by atoms with Gasteiger partial charge in [-0.1, -0.05) is 46.3 Å². The van der Waals surface area contributed by atoms with Gasteiger partial charge < -0.3 is 15.2 Å². The van der Waals surface area contributed by atoms with E-state index in [0.717, 1.165) is 10.0 Å². The summed E-state index contributed by atoms with van der Waals surface area (Å²) in [4.78, 5) is 23.2. The molecule has 5 heteroatoms. The molecule has 2 rings (SSSR count). The highest BCUT2D eigenvalue weighted by Crippen LogP contribution is 2.18. The standard InChI is InChI=1S/C17H16BrNO3/c18-14-8-6-12(7-9-14)10-13(11-16(20)21)17(22)19-15-4-2-1-3-5-15/h1-9,13H,10-11H2,(H,19,22)(H,20,21)/p-1. The molecule has 0 aromatic heterocycles. The number of para-hydroxylation sites is 1. The largest absolute Gasteiger partial charge is 0.550 e. The minimum absolute atomic E-state index is 0.311. The molecule has 0 saturated heterocycles. The minimum Gasteiger partial charge on any atom is -0.550 e. The summed E-state index contributed by atoms with van der Waals surface area (Å²) in [6, 6.07) is 16.4. The number of amides is 1. The molecule has 114 valence electrons. The molecule has 0 radical (unpaired) electrons. The Morgan fingerprint density at radius 2 is 1.68 bits per heavy atom. The number of carbonyl (C=O) groups excluding carboxylic acids is 2. The van der Waals surface area contributed by atoms with Gasteiger partial charge in [0.1, 0.15) is 0 Å². The molecule has 1 atom stereocenters. The monoisotopic (exact) mass is 360 g/mol. The first-order chi connectivity index (χ1) is 10.5. The number of carboxylic acid groups (broad SMARTS) is 1. The molecule has 1 amide bonds. The van der Waals surface area contributed by atoms with Gasteiger partial charge in [0.2, 0.25) is 5.91 Å². The van der Waals surface area contributed by atoms with Crippen LogP contribution in [0.4, 0.5) is 5.69 Å². The quantitative estimate of drug-likeness (QED) is 0.859. The van der Waals surface area contributed by atoms with Gasteiger partial charge in [-0.05, 0) is 42.7 Å². The molecule has 0 spiro atoms. The fraction of sp³-hybridized carbons (Fsp3) is 0.176. The lowest BCUT2D eigenvalue weighted by molar-refractivity contribution is -0.306. The number of rotatable bonds is 6. The predicted octanol–water partition coefficient (Wildman–Crippen LogP) is 2.39. The first kappa shape index (κ1) is 16.2. The van der Waals surface area contributed by atoms with E-state index in [9.17, 15) is 14.7 Å². The maximum Gasteiger partial charge on any atom is 0.228 e. The minimum atomic E-state index is -1.23. The third-order valence-electron chi connectivity index (χ3n) is 3.22. The maximum absolute atomic E-state index is 12.3. The summed E-state index contributed by atoms with van der Waals surface area (Å²) in [5, 5.41) is 13.7. The van der Waals surface area contributed by atoms with Crippen LogP contribution in [0.15, 0.2) is 59.1 Å². The van der Waals surface area contributed by atoms with Crippen LogP contribution < -0.4 is 10.4 Å². The average molecular weight is 361 g/mol. The van der Waals surface area contributed by atoms with Crippen molar-refractivity contribution in [3.8, 4) is 0 Å². The van der Waals surface area contributed by atoms with Crippen LogP contribution in [0.25, 0.3) is 0 Å². The van der Waals surface area contributed by atoms with Gasteiger partial charge >= 0.3 is 0 Å². The van der Waals surface area contributed by atoms with Crippen LogP contribution in [0.3, 0.4) is 0 Å². The highest BCUT2D eigenvalue weighted by Gasteiger charge is 2.19. The molecule has 0 aliphatic carbocycles. The second-order valence-corrected chi connectivity index (χ2v) is 5.87. The van der Waals surface area contributed by atoms with Crippen molar-refractivity contribution in [3.05, 3.63) is 64.6 Å². The van der Waals surface area contributed by atoms with Crippen molar-refractivity contribution in [3.63, 3.8) is 0 Å². The summed E-state index contributed by atoms with van der Waals surface area (Å²) in [6.45, 7) is 0. The first-order valence-corrected chi connectivity index (χ1v) is 7.64. The number of carbonyl (C=O) groups is 2. The zero-order chi connectivity index (χ0) is 15.9. The van der Waals surface area contributed by atoms with Crippen molar-refractivity contribution in [2.24, 2.45) is 5.92 Å². The van der Waals surface area contributed by atoms with E-state index in [-0.39, 0.29) is 12.3 Å². The fourth-order valence-corrected chi connectivity index (χ4v) is 2.39. The highest BCUT2D eigenvalue weighted by molar-refractivity contribution is 9.10. The lowest BCUT2D eigenvalue weighted by Gasteiger charge is -2.17. The fourth-order valence-electron chi connectivity index (χ4n) is 2.13. The van der Waals surface area contributed by atoms with E-state index in [1.807, 2.05) is 30.3 Å². The van der Waals surface area contributed by atoms with Crippen molar-refractivity contribution in [1.82, 2.24) is 0 Å². The molecule has 2 aromatic rings. The third kappa shape index (κ3) is 5.00. The Kier molecular flexibility index (Phi) is 5.72. The lowest BCUT2D eigenvalue weighted by atomic mass is 9.95. The van der Waals surface area contributed by atoms with Crippen LogP contribution in [0.2, 0.25) is 0 Å². The van der Waals surface area contributed by atoms with E-state index in [0.29, 0.717) is 12.1 Å². The van der Waals surface area contributed by atoms with Crippen molar-refractivity contribution >= 4 is 33.5 Å². The van der Waals surface area contributed by atoms with Crippen molar-refractivity contribution in [1.29, 1.82) is 0 Å². The van der Waals surface area contributed by atoms with Gasteiger partial charge in [0, 0.05) is 22.0 Å². The second kappa shape index (κ2) is 7.75. The average Bonchev–Trinajstić information content (AvgIpc) is 2.49. The van der Waals surface area contributed by atoms with E-state index >= 15 is 0 Å². The van der Waals surface area contributed by atoms with Gasteiger partial charge in [0.15, 0.2) is 0 Å². The van der Waals surface area contributed by atoms with E-state index in [4.69, 9.17) is 0 Å². The Morgan fingerprint density at radius 1 is 1.05 bits per heavy atom. The van der Waals surface area contributed by atoms with Crippen LogP contribution in [-0.2, 0) is 16.0 Å². The molecule has 0 aliphatic heterocycles. The second-order valence-electron chi connectivity index (χ2n) is 4.96. The number of carboxylic acids is 1. The SMILES string of the molecule is O=C([O-])CC(Cc1ccc(Br)cc1)C(=O)Nc1ccccc1. The Balaban J connectivity index is 2.09. The van der Waals surface area contributed by atoms with Crippen LogP contribution in [-0.4, -0.2) is 11.9 Å². The van der Waals surface area contributed by atoms with Gasteiger partial charge in [-0.3, -0.25) is 4.79 Å². The molecule has 22 heavy (non-hydrogen) atoms. The number of anilines is 1. The Hall–Kier alpha value is -2.14. The van der Waals surface area contributed by atoms with Crippen LogP contribution in [0, 0.1) is 5.92 Å². The van der Waals surface area contributed by atoms with Crippen molar-refractivity contribution in [2.45, 2.75) is 12.8 Å². The third-order valence-corrected chi connectivity index (χ3v) is 3.75. The van der Waals surface area contributed by atoms with E-state index in [1.165, 1.54) is 0 Å². The molecule has 0 fully saturated rings. The first-order valence-electron chi connectivity index (χ1n) is 6.85. The topological polar surface area (TPSA) is 69.2 Å². The summed E-state index contributed by atoms with van der Waals surface area (Å²) in [5.41, 5.74) is 1.55. The van der Waals surface area contributed by atoms with Crippen LogP contribution >= 0.6 is 15.9 Å². The molecule has 0 saturated carbocycles. The predicted molar refractivity (Wildman–Crippen MR) is 86.0 cm³/mol. The summed E-state index contributed by atoms with van der Waals surface area (Å²) >= 11 is 3.34. The Labute approximate surface area is 137 Å². The van der Waals surface area contributed by atoms with Crippen LogP contribution in [0.5, 0.6) is 0 Å². The molecule has 1 N–H and O–H groups in total. The molecule has 0 heterocycles. The smallest absolute Gasteiger partial charge is 0.228 e. The normalized spacial score (nSPS) is 11.7. The number of nitrogens with one attached hydrogen (secondary N) is 1. The van der Waals surface area contributed by atoms with E-state index in [2.05, 4.69) is 21.2 Å². The number of hydrogen-bond acceptors (Lipinski definition) is 3. The molecule has 2 aromatic carbocycles. The number of benzene rings is 2. The molecular formula is C17H15BrNO3-. The zero-order valence-electron chi connectivity index (χ0n) is 11.8. The van der Waals surface area contributed by atoms with Crippen molar-refractivity contribution in [2.75, 3.05) is 5.32 Å². The molecule has 1 unspecified atom stereocenters. The highest BCUT2D eigenvalue weighted by atomic mass is 79.9. The maximum atomic E-state index is 12.3. The number of aliphatic carboxylic acids is 1. The molecule has 4 nitrogen and oxygen atoms in total. The van der Waals surface area contributed by atoms with Gasteiger partial charge in [0.05, 0.1) is 0 Å². The molecule has 0 aliphatic rings. The van der Waals surface area contributed by atoms with E-state index < -0.39 is 11.9 Å². The van der Waals surface area contributed by atoms with Gasteiger partial charge in [-0.25, -0.2) is 0 Å². The summed E-state index contributed by atoms with van der Waals surface area (Å²) < 4.78 is 0.932. The summed E-state index contributed by atoms with van der Waals surface area (Å²) in [5.74, 6) is -2.23.